The molecule has 0 saturated carbocycles. The first-order valence-electron chi connectivity index (χ1n) is 11.5. The van der Waals surface area contributed by atoms with Crippen LogP contribution >= 0.6 is 0 Å². The number of hydrogen-bond donors (Lipinski definition) is 3. The molecule has 2 aliphatic rings. The number of carboxylic acid groups (broad SMARTS) is 1. The standard InChI is InChI=1S/C24H40N4O5/c1-14(29)27(8)13-17(23(2,3)4)25-22(33)26-19(24(5,6)7)20(30)28-12-15-10-9-11-16(15)18(28)21(31)32/h9,11,15-19H,10,12-13H2,1-8H3,(H,31,32)(H2,25,26,33)/t15-,16?,17+,18-,19+/m0/s1. The van der Waals surface area contributed by atoms with Crippen LogP contribution in [0.25, 0.3) is 0 Å². The van der Waals surface area contributed by atoms with E-state index >= 15 is 0 Å². The van der Waals surface area contributed by atoms with Crippen molar-refractivity contribution in [3.63, 3.8) is 0 Å². The molecular formula is C24H40N4O5. The summed E-state index contributed by atoms with van der Waals surface area (Å²) in [6.45, 7) is 13.6. The number of fused-ring (bicyclic) bond motifs is 1. The lowest BCUT2D eigenvalue weighted by atomic mass is 9.85. The summed E-state index contributed by atoms with van der Waals surface area (Å²) in [5.41, 5.74) is -0.978. The number of urea groups is 1. The van der Waals surface area contributed by atoms with Gasteiger partial charge in [-0.05, 0) is 23.2 Å². The maximum atomic E-state index is 13.6. The zero-order valence-corrected chi connectivity index (χ0v) is 21.1. The van der Waals surface area contributed by atoms with Gasteiger partial charge in [-0.3, -0.25) is 9.59 Å². The highest BCUT2D eigenvalue weighted by Crippen LogP contribution is 2.39. The van der Waals surface area contributed by atoms with Crippen LogP contribution in [0.3, 0.4) is 0 Å². The lowest BCUT2D eigenvalue weighted by Crippen LogP contribution is -2.61. The number of carbonyl (C=O) groups is 4. The van der Waals surface area contributed by atoms with E-state index in [2.05, 4.69) is 10.6 Å². The van der Waals surface area contributed by atoms with Crippen molar-refractivity contribution in [3.05, 3.63) is 12.2 Å². The molecule has 0 aromatic heterocycles. The van der Waals surface area contributed by atoms with Gasteiger partial charge >= 0.3 is 12.0 Å². The lowest BCUT2D eigenvalue weighted by molar-refractivity contribution is -0.150. The normalized spacial score (nSPS) is 24.1. The quantitative estimate of drug-likeness (QED) is 0.520. The van der Waals surface area contributed by atoms with Gasteiger partial charge in [0.15, 0.2) is 0 Å². The second-order valence-electron chi connectivity index (χ2n) is 11.5. The number of likely N-dealkylation sites (N-methyl/N-ethyl adjacent to an activating group) is 1. The third-order valence-corrected chi connectivity index (χ3v) is 6.74. The van der Waals surface area contributed by atoms with E-state index in [-0.39, 0.29) is 35.1 Å². The van der Waals surface area contributed by atoms with Crippen molar-refractivity contribution >= 4 is 23.8 Å². The maximum absolute atomic E-state index is 13.6. The average Bonchev–Trinajstić information content (AvgIpc) is 3.23. The SMILES string of the molecule is CC(=O)N(C)C[C@@H](NC(=O)N[C@H](C(=O)N1C[C@@H]2CC=CC2[C@H]1C(=O)O)C(C)(C)C)C(C)(C)C. The minimum Gasteiger partial charge on any atom is -0.480 e. The van der Waals surface area contributed by atoms with Crippen LogP contribution in [0, 0.1) is 22.7 Å². The molecule has 1 unspecified atom stereocenters. The molecule has 1 saturated heterocycles. The van der Waals surface area contributed by atoms with Crippen molar-refractivity contribution in [1.29, 1.82) is 0 Å². The monoisotopic (exact) mass is 464 g/mol. The number of carboxylic acids is 1. The molecule has 0 aromatic rings. The van der Waals surface area contributed by atoms with Crippen molar-refractivity contribution < 1.29 is 24.3 Å². The molecule has 1 aliphatic carbocycles. The minimum atomic E-state index is -1.03. The van der Waals surface area contributed by atoms with Gasteiger partial charge in [0.2, 0.25) is 11.8 Å². The number of allylic oxidation sites excluding steroid dienone is 1. The fraction of sp³-hybridized carbons (Fsp3) is 0.750. The van der Waals surface area contributed by atoms with Gasteiger partial charge in [-0.1, -0.05) is 53.7 Å². The Morgan fingerprint density at radius 2 is 1.70 bits per heavy atom. The molecule has 33 heavy (non-hydrogen) atoms. The maximum Gasteiger partial charge on any atom is 0.327 e. The van der Waals surface area contributed by atoms with E-state index < -0.39 is 29.5 Å². The van der Waals surface area contributed by atoms with Crippen LogP contribution in [-0.2, 0) is 14.4 Å². The van der Waals surface area contributed by atoms with Crippen molar-refractivity contribution in [1.82, 2.24) is 20.4 Å². The van der Waals surface area contributed by atoms with Crippen molar-refractivity contribution in [2.24, 2.45) is 22.7 Å². The van der Waals surface area contributed by atoms with Crippen molar-refractivity contribution in [2.45, 2.75) is 73.0 Å². The van der Waals surface area contributed by atoms with E-state index in [9.17, 15) is 24.3 Å². The molecule has 5 atom stereocenters. The van der Waals surface area contributed by atoms with Crippen LogP contribution in [0.2, 0.25) is 0 Å². The molecule has 0 spiro atoms. The van der Waals surface area contributed by atoms with Gasteiger partial charge in [-0.25, -0.2) is 9.59 Å². The summed E-state index contributed by atoms with van der Waals surface area (Å²) in [6, 6.07) is -2.72. The molecule has 186 valence electrons. The lowest BCUT2D eigenvalue weighted by Gasteiger charge is -2.37. The Bertz CT molecular complexity index is 811. The first kappa shape index (κ1) is 26.7. The number of rotatable bonds is 6. The number of aliphatic carboxylic acids is 1. The Hall–Kier alpha value is -2.58. The molecule has 0 bridgehead atoms. The van der Waals surface area contributed by atoms with Crippen LogP contribution < -0.4 is 10.6 Å². The molecule has 1 aliphatic heterocycles. The van der Waals surface area contributed by atoms with Crippen molar-refractivity contribution in [3.8, 4) is 0 Å². The summed E-state index contributed by atoms with van der Waals surface area (Å²) >= 11 is 0. The van der Waals surface area contributed by atoms with Gasteiger partial charge in [-0.2, -0.15) is 0 Å². The molecule has 1 fully saturated rings. The van der Waals surface area contributed by atoms with E-state index in [1.54, 1.807) is 7.05 Å². The third-order valence-electron chi connectivity index (χ3n) is 6.74. The Morgan fingerprint density at radius 3 is 2.18 bits per heavy atom. The van der Waals surface area contributed by atoms with Crippen LogP contribution in [0.15, 0.2) is 12.2 Å². The van der Waals surface area contributed by atoms with Gasteiger partial charge in [0.1, 0.15) is 12.1 Å². The Labute approximate surface area is 196 Å². The highest BCUT2D eigenvalue weighted by molar-refractivity contribution is 5.91. The zero-order chi connectivity index (χ0) is 25.3. The average molecular weight is 465 g/mol. The summed E-state index contributed by atoms with van der Waals surface area (Å²) in [6.07, 6.45) is 4.62. The van der Waals surface area contributed by atoms with E-state index in [4.69, 9.17) is 0 Å². The predicted molar refractivity (Wildman–Crippen MR) is 125 cm³/mol. The Kier molecular flexibility index (Phi) is 7.86. The summed E-state index contributed by atoms with van der Waals surface area (Å²) < 4.78 is 0. The highest BCUT2D eigenvalue weighted by Gasteiger charge is 2.50. The summed E-state index contributed by atoms with van der Waals surface area (Å²) in [5.74, 6) is -1.63. The first-order chi connectivity index (χ1) is 15.0. The van der Waals surface area contributed by atoms with Crippen LogP contribution in [-0.4, -0.2) is 77.0 Å². The number of amides is 4. The number of hydrogen-bond acceptors (Lipinski definition) is 4. The molecule has 1 heterocycles. The van der Waals surface area contributed by atoms with Crippen LogP contribution in [0.5, 0.6) is 0 Å². The number of nitrogens with one attached hydrogen (secondary N) is 2. The van der Waals surface area contributed by atoms with E-state index in [0.29, 0.717) is 13.1 Å². The van der Waals surface area contributed by atoms with Crippen LogP contribution in [0.1, 0.15) is 54.9 Å². The topological polar surface area (TPSA) is 119 Å². The van der Waals surface area contributed by atoms with Gasteiger partial charge in [0, 0.05) is 33.0 Å². The molecule has 3 N–H and O–H groups in total. The van der Waals surface area contributed by atoms with E-state index in [1.165, 1.54) is 16.7 Å². The van der Waals surface area contributed by atoms with Gasteiger partial charge < -0.3 is 25.5 Å². The second-order valence-corrected chi connectivity index (χ2v) is 11.5. The van der Waals surface area contributed by atoms with Crippen LogP contribution in [0.4, 0.5) is 4.79 Å². The van der Waals surface area contributed by atoms with Crippen molar-refractivity contribution in [2.75, 3.05) is 20.1 Å². The molecule has 9 nitrogen and oxygen atoms in total. The summed E-state index contributed by atoms with van der Waals surface area (Å²) in [7, 11) is 1.67. The Balaban J connectivity index is 2.20. The molecular weight excluding hydrogens is 424 g/mol. The third kappa shape index (κ3) is 6.26. The summed E-state index contributed by atoms with van der Waals surface area (Å²) in [5, 5.41) is 15.6. The second kappa shape index (κ2) is 9.73. The molecule has 4 amide bonds. The first-order valence-corrected chi connectivity index (χ1v) is 11.5. The Morgan fingerprint density at radius 1 is 1.09 bits per heavy atom. The van der Waals surface area contributed by atoms with E-state index in [1.807, 2.05) is 53.7 Å². The molecule has 0 aromatic carbocycles. The fourth-order valence-corrected chi connectivity index (χ4v) is 4.47. The predicted octanol–water partition coefficient (Wildman–Crippen LogP) is 2.08. The highest BCUT2D eigenvalue weighted by atomic mass is 16.4. The molecule has 0 radical (unpaired) electrons. The minimum absolute atomic E-state index is 0.0943. The molecule has 2 rings (SSSR count). The fourth-order valence-electron chi connectivity index (χ4n) is 4.47. The van der Waals surface area contributed by atoms with E-state index in [0.717, 1.165) is 6.42 Å². The zero-order valence-electron chi connectivity index (χ0n) is 21.1. The van der Waals surface area contributed by atoms with Gasteiger partial charge in [0.25, 0.3) is 0 Å². The smallest absolute Gasteiger partial charge is 0.327 e. The number of nitrogens with zero attached hydrogens (tertiary/aromatic N) is 2. The number of likely N-dealkylation sites (tertiary alicyclic amines) is 1. The largest absolute Gasteiger partial charge is 0.480 e. The van der Waals surface area contributed by atoms with Gasteiger partial charge in [-0.15, -0.1) is 0 Å². The van der Waals surface area contributed by atoms with Gasteiger partial charge in [0.05, 0.1) is 6.04 Å². The molecule has 9 heteroatoms. The number of carbonyl (C=O) groups excluding carboxylic acids is 3. The summed E-state index contributed by atoms with van der Waals surface area (Å²) in [4.78, 5) is 53.2.